The van der Waals surface area contributed by atoms with Crippen molar-refractivity contribution >= 4 is 33.4 Å². The minimum atomic E-state index is -3.60. The number of sulfonamides is 1. The molecule has 3 rings (SSSR count). The molecule has 0 aromatic heterocycles. The molecule has 1 aliphatic rings. The second-order valence-electron chi connectivity index (χ2n) is 5.17. The number of ether oxygens (including phenoxy) is 1. The van der Waals surface area contributed by atoms with Gasteiger partial charge in [0.05, 0.1) is 12.0 Å². The van der Waals surface area contributed by atoms with Gasteiger partial charge < -0.3 is 4.74 Å². The van der Waals surface area contributed by atoms with Crippen molar-refractivity contribution in [2.75, 3.05) is 12.9 Å². The maximum atomic E-state index is 12.6. The summed E-state index contributed by atoms with van der Waals surface area (Å²) in [5.74, 6) is 1.49. The minimum Gasteiger partial charge on any atom is -0.497 e. The van der Waals surface area contributed by atoms with Gasteiger partial charge in [-0.1, -0.05) is 11.6 Å². The highest BCUT2D eigenvalue weighted by molar-refractivity contribution is 7.99. The van der Waals surface area contributed by atoms with Gasteiger partial charge in [0.1, 0.15) is 5.75 Å². The molecule has 1 aliphatic heterocycles. The number of methoxy groups -OCH3 is 1. The van der Waals surface area contributed by atoms with Gasteiger partial charge in [-0.2, -0.15) is 0 Å². The summed E-state index contributed by atoms with van der Waals surface area (Å²) in [5.41, 5.74) is 0.936. The Bertz CT molecular complexity index is 807. The lowest BCUT2D eigenvalue weighted by Crippen LogP contribution is -2.30. The van der Waals surface area contributed by atoms with Crippen molar-refractivity contribution in [2.24, 2.45) is 0 Å². The van der Waals surface area contributed by atoms with Crippen molar-refractivity contribution in [3.05, 3.63) is 53.1 Å². The Morgan fingerprint density at radius 2 is 1.96 bits per heavy atom. The van der Waals surface area contributed by atoms with Crippen LogP contribution in [0.15, 0.2) is 52.3 Å². The summed E-state index contributed by atoms with van der Waals surface area (Å²) < 4.78 is 33.1. The molecule has 1 heterocycles. The molecule has 0 saturated carbocycles. The van der Waals surface area contributed by atoms with Crippen LogP contribution < -0.4 is 9.46 Å². The van der Waals surface area contributed by atoms with Crippen LogP contribution in [0.25, 0.3) is 0 Å². The Balaban J connectivity index is 1.88. The monoisotopic (exact) mass is 369 g/mol. The van der Waals surface area contributed by atoms with E-state index in [0.717, 1.165) is 22.6 Å². The van der Waals surface area contributed by atoms with E-state index in [1.54, 1.807) is 31.0 Å². The van der Waals surface area contributed by atoms with Gasteiger partial charge in [0.15, 0.2) is 0 Å². The summed E-state index contributed by atoms with van der Waals surface area (Å²) in [6.45, 7) is 0. The molecule has 0 spiro atoms. The van der Waals surface area contributed by atoms with Gasteiger partial charge in [0.25, 0.3) is 0 Å². The second kappa shape index (κ2) is 6.73. The molecule has 7 heteroatoms. The van der Waals surface area contributed by atoms with E-state index in [9.17, 15) is 8.42 Å². The molecule has 1 unspecified atom stereocenters. The molecule has 1 N–H and O–H groups in total. The molecule has 0 aliphatic carbocycles. The molecule has 122 valence electrons. The lowest BCUT2D eigenvalue weighted by Gasteiger charge is -2.26. The lowest BCUT2D eigenvalue weighted by atomic mass is 10.1. The van der Waals surface area contributed by atoms with E-state index in [2.05, 4.69) is 4.72 Å². The molecule has 0 bridgehead atoms. The normalized spacial score (nSPS) is 17.6. The molecule has 4 nitrogen and oxygen atoms in total. The number of fused-ring (bicyclic) bond motifs is 1. The summed E-state index contributed by atoms with van der Waals surface area (Å²) in [4.78, 5) is 1.29. The summed E-state index contributed by atoms with van der Waals surface area (Å²) in [6, 6.07) is 11.7. The van der Waals surface area contributed by atoms with E-state index in [1.807, 2.05) is 18.2 Å². The number of thioether (sulfide) groups is 1. The quantitative estimate of drug-likeness (QED) is 0.889. The molecule has 23 heavy (non-hydrogen) atoms. The highest BCUT2D eigenvalue weighted by atomic mass is 35.5. The highest BCUT2D eigenvalue weighted by Gasteiger charge is 2.26. The Morgan fingerprint density at radius 3 is 2.65 bits per heavy atom. The van der Waals surface area contributed by atoms with Crippen LogP contribution in [0.5, 0.6) is 5.75 Å². The lowest BCUT2D eigenvalue weighted by molar-refractivity contribution is 0.414. The molecule has 2 aromatic carbocycles. The third-order valence-corrected chi connectivity index (χ3v) is 6.52. The van der Waals surface area contributed by atoms with Gasteiger partial charge in [-0.25, -0.2) is 13.1 Å². The van der Waals surface area contributed by atoms with E-state index < -0.39 is 10.0 Å². The molecular formula is C16H16ClNO3S2. The predicted octanol–water partition coefficient (Wildman–Crippen LogP) is 3.86. The summed E-state index contributed by atoms with van der Waals surface area (Å²) in [6.07, 6.45) is 0.730. The fraction of sp³-hybridized carbons (Fsp3) is 0.250. The first kappa shape index (κ1) is 16.6. The van der Waals surface area contributed by atoms with Crippen LogP contribution in [0.3, 0.4) is 0 Å². The predicted molar refractivity (Wildman–Crippen MR) is 92.8 cm³/mol. The van der Waals surface area contributed by atoms with E-state index in [4.69, 9.17) is 16.3 Å². The average molecular weight is 370 g/mol. The number of nitrogens with one attached hydrogen (secondary N) is 1. The van der Waals surface area contributed by atoms with Crippen molar-refractivity contribution < 1.29 is 13.2 Å². The zero-order chi connectivity index (χ0) is 16.4. The Morgan fingerprint density at radius 1 is 1.22 bits per heavy atom. The molecule has 0 saturated heterocycles. The Hall–Kier alpha value is -1.21. The number of hydrogen-bond donors (Lipinski definition) is 1. The van der Waals surface area contributed by atoms with Crippen molar-refractivity contribution in [3.8, 4) is 5.75 Å². The second-order valence-corrected chi connectivity index (χ2v) is 8.46. The van der Waals surface area contributed by atoms with Crippen molar-refractivity contribution in [2.45, 2.75) is 22.3 Å². The Labute approximate surface area is 145 Å². The third-order valence-electron chi connectivity index (χ3n) is 3.68. The molecule has 2 aromatic rings. The number of rotatable bonds is 4. The van der Waals surface area contributed by atoms with Gasteiger partial charge in [0, 0.05) is 16.0 Å². The first-order valence-electron chi connectivity index (χ1n) is 7.08. The van der Waals surface area contributed by atoms with Crippen molar-refractivity contribution in [1.82, 2.24) is 4.72 Å². The minimum absolute atomic E-state index is 0.222. The summed E-state index contributed by atoms with van der Waals surface area (Å²) in [7, 11) is -2.05. The largest absolute Gasteiger partial charge is 0.497 e. The number of halogens is 1. The summed E-state index contributed by atoms with van der Waals surface area (Å²) >= 11 is 7.78. The zero-order valence-corrected chi connectivity index (χ0v) is 14.8. The van der Waals surface area contributed by atoms with E-state index >= 15 is 0 Å². The first-order chi connectivity index (χ1) is 11.0. The van der Waals surface area contributed by atoms with Gasteiger partial charge in [0.2, 0.25) is 10.0 Å². The molecular weight excluding hydrogens is 354 g/mol. The summed E-state index contributed by atoms with van der Waals surface area (Å²) in [5, 5.41) is 0.611. The van der Waals surface area contributed by atoms with Crippen LogP contribution in [0.2, 0.25) is 5.02 Å². The fourth-order valence-corrected chi connectivity index (χ4v) is 5.03. The van der Waals surface area contributed by atoms with Crippen LogP contribution in [0.4, 0.5) is 0 Å². The van der Waals surface area contributed by atoms with Gasteiger partial charge in [-0.05, 0) is 60.2 Å². The van der Waals surface area contributed by atoms with Gasteiger partial charge in [-0.15, -0.1) is 11.8 Å². The zero-order valence-electron chi connectivity index (χ0n) is 12.5. The number of benzene rings is 2. The maximum absolute atomic E-state index is 12.6. The van der Waals surface area contributed by atoms with E-state index in [-0.39, 0.29) is 10.9 Å². The van der Waals surface area contributed by atoms with Crippen LogP contribution in [0, 0.1) is 0 Å². The third kappa shape index (κ3) is 3.66. The van der Waals surface area contributed by atoms with Crippen molar-refractivity contribution in [1.29, 1.82) is 0 Å². The molecule has 1 atom stereocenters. The van der Waals surface area contributed by atoms with Crippen LogP contribution in [-0.2, 0) is 10.0 Å². The van der Waals surface area contributed by atoms with Crippen LogP contribution >= 0.6 is 23.4 Å². The molecule has 0 amide bonds. The number of hydrogen-bond acceptors (Lipinski definition) is 4. The Kier molecular flexibility index (Phi) is 4.87. The standard InChI is InChI=1S/C16H16ClNO3S2/c1-21-12-3-5-13(6-4-12)23(19,20)18-15-8-9-22-16-7-2-11(17)10-14(15)16/h2-7,10,15,18H,8-9H2,1H3. The van der Waals surface area contributed by atoms with E-state index in [0.29, 0.717) is 10.8 Å². The first-order valence-corrected chi connectivity index (χ1v) is 9.93. The molecule has 0 radical (unpaired) electrons. The van der Waals surface area contributed by atoms with Gasteiger partial charge in [-0.3, -0.25) is 0 Å². The smallest absolute Gasteiger partial charge is 0.241 e. The fourth-order valence-electron chi connectivity index (χ4n) is 2.50. The van der Waals surface area contributed by atoms with Crippen molar-refractivity contribution in [3.63, 3.8) is 0 Å². The highest BCUT2D eigenvalue weighted by Crippen LogP contribution is 2.38. The topological polar surface area (TPSA) is 55.4 Å². The van der Waals surface area contributed by atoms with Gasteiger partial charge >= 0.3 is 0 Å². The van der Waals surface area contributed by atoms with Crippen LogP contribution in [-0.4, -0.2) is 21.3 Å². The molecule has 0 fully saturated rings. The SMILES string of the molecule is COc1ccc(S(=O)(=O)NC2CCSc3ccc(Cl)cc32)cc1. The maximum Gasteiger partial charge on any atom is 0.241 e. The average Bonchev–Trinajstić information content (AvgIpc) is 2.55. The van der Waals surface area contributed by atoms with Crippen LogP contribution in [0.1, 0.15) is 18.0 Å². The van der Waals surface area contributed by atoms with E-state index in [1.165, 1.54) is 12.1 Å².